The van der Waals surface area contributed by atoms with Gasteiger partial charge in [-0.3, -0.25) is 18.2 Å². The average molecular weight is 941 g/mol. The third-order valence-corrected chi connectivity index (χ3v) is 13.1. The molecule has 0 fully saturated rings. The van der Waals surface area contributed by atoms with Crippen LogP contribution in [0.4, 0.5) is 28.4 Å². The van der Waals surface area contributed by atoms with Gasteiger partial charge in [0.2, 0.25) is 0 Å². The van der Waals surface area contributed by atoms with Gasteiger partial charge in [0.15, 0.2) is 0 Å². The predicted octanol–water partition coefficient (Wildman–Crippen LogP) is 8.30. The van der Waals surface area contributed by atoms with E-state index in [2.05, 4.69) is 30.7 Å². The SMILES string of the molecule is Nc1ccc2cc(S(=O)(=O)O)ccc2c1N=Nc1ccc(N=Nc2ccc(/C=C/c3ccc(-n4nc5cc(S(=O)(=O)O)c6ccccc6c5n4)cc3S(=O)(=O)O)c(S(=O)(=O)O)c2)cc1. The van der Waals surface area contributed by atoms with Crippen LogP contribution in [0.5, 0.6) is 0 Å². The first-order valence-corrected chi connectivity index (χ1v) is 23.8. The number of aromatic nitrogens is 3. The van der Waals surface area contributed by atoms with Gasteiger partial charge in [-0.05, 0) is 89.3 Å². The Morgan fingerprint density at radius 2 is 1.06 bits per heavy atom. The van der Waals surface area contributed by atoms with E-state index in [1.54, 1.807) is 36.4 Å². The van der Waals surface area contributed by atoms with E-state index in [9.17, 15) is 51.9 Å². The minimum Gasteiger partial charge on any atom is -0.397 e. The van der Waals surface area contributed by atoms with Gasteiger partial charge in [-0.2, -0.15) is 53.8 Å². The summed E-state index contributed by atoms with van der Waals surface area (Å²) in [6.45, 7) is 0. The van der Waals surface area contributed by atoms with Crippen LogP contribution in [0.2, 0.25) is 0 Å². The molecular formula is C40H28N8O12S4. The zero-order valence-corrected chi connectivity index (χ0v) is 35.4. The lowest BCUT2D eigenvalue weighted by molar-refractivity contribution is 0.480. The summed E-state index contributed by atoms with van der Waals surface area (Å²) in [4.78, 5) is -0.935. The molecule has 0 amide bonds. The molecule has 0 radical (unpaired) electrons. The molecule has 8 aromatic rings. The van der Waals surface area contributed by atoms with Crippen molar-refractivity contribution in [3.05, 3.63) is 132 Å². The van der Waals surface area contributed by atoms with Crippen LogP contribution in [-0.4, -0.2) is 66.9 Å². The van der Waals surface area contributed by atoms with E-state index in [0.29, 0.717) is 27.5 Å². The quantitative estimate of drug-likeness (QED) is 0.0352. The number of nitrogens with zero attached hydrogens (tertiary/aromatic N) is 7. The number of anilines is 1. The first kappa shape index (κ1) is 43.5. The number of hydrogen-bond donors (Lipinski definition) is 5. The number of rotatable bonds is 11. The van der Waals surface area contributed by atoms with Crippen molar-refractivity contribution in [2.24, 2.45) is 20.5 Å². The molecule has 20 nitrogen and oxygen atoms in total. The molecule has 7 aromatic carbocycles. The lowest BCUT2D eigenvalue weighted by atomic mass is 10.1. The highest BCUT2D eigenvalue weighted by atomic mass is 32.2. The molecule has 0 bridgehead atoms. The van der Waals surface area contributed by atoms with Crippen molar-refractivity contribution in [1.82, 2.24) is 15.0 Å². The highest BCUT2D eigenvalue weighted by Gasteiger charge is 2.22. The van der Waals surface area contributed by atoms with Crippen LogP contribution in [0, 0.1) is 0 Å². The third kappa shape index (κ3) is 9.01. The minimum absolute atomic E-state index is 0.00991. The summed E-state index contributed by atoms with van der Waals surface area (Å²) in [5.74, 6) is 0. The Bertz CT molecular complexity index is 3800. The molecule has 6 N–H and O–H groups in total. The lowest BCUT2D eigenvalue weighted by Gasteiger charge is -2.07. The molecule has 1 aromatic heterocycles. The van der Waals surface area contributed by atoms with Gasteiger partial charge in [-0.15, -0.1) is 15.3 Å². The maximum absolute atomic E-state index is 12.6. The normalized spacial score (nSPS) is 13.1. The molecular weight excluding hydrogens is 913 g/mol. The van der Waals surface area contributed by atoms with Crippen LogP contribution in [0.1, 0.15) is 11.1 Å². The summed E-state index contributed by atoms with van der Waals surface area (Å²) in [6.07, 6.45) is 2.37. The van der Waals surface area contributed by atoms with E-state index in [1.807, 2.05) is 0 Å². The number of benzene rings is 7. The molecule has 0 atom stereocenters. The van der Waals surface area contributed by atoms with Crippen molar-refractivity contribution in [2.45, 2.75) is 19.6 Å². The fraction of sp³-hybridized carbons (Fsp3) is 0. The van der Waals surface area contributed by atoms with Crippen LogP contribution < -0.4 is 5.73 Å². The molecule has 0 saturated carbocycles. The maximum atomic E-state index is 12.6. The molecule has 324 valence electrons. The van der Waals surface area contributed by atoms with Gasteiger partial charge in [0.05, 0.1) is 33.3 Å². The van der Waals surface area contributed by atoms with Gasteiger partial charge in [-0.25, -0.2) is 0 Å². The molecule has 0 aliphatic rings. The first-order valence-electron chi connectivity index (χ1n) is 18.0. The average Bonchev–Trinajstić information content (AvgIpc) is 3.68. The molecule has 1 heterocycles. The summed E-state index contributed by atoms with van der Waals surface area (Å²) in [6, 6.07) is 28.0. The summed E-state index contributed by atoms with van der Waals surface area (Å²) in [5, 5.41) is 26.7. The van der Waals surface area contributed by atoms with Gasteiger partial charge in [0.25, 0.3) is 40.5 Å². The smallest absolute Gasteiger partial charge is 0.295 e. The lowest BCUT2D eigenvalue weighted by Crippen LogP contribution is -2.05. The zero-order valence-electron chi connectivity index (χ0n) is 32.1. The minimum atomic E-state index is -4.94. The molecule has 0 aliphatic heterocycles. The largest absolute Gasteiger partial charge is 0.397 e. The number of azo groups is 2. The van der Waals surface area contributed by atoms with Crippen molar-refractivity contribution in [3.63, 3.8) is 0 Å². The van der Waals surface area contributed by atoms with Crippen molar-refractivity contribution in [3.8, 4) is 5.69 Å². The second-order valence-corrected chi connectivity index (χ2v) is 19.3. The second-order valence-electron chi connectivity index (χ2n) is 13.8. The van der Waals surface area contributed by atoms with Gasteiger partial charge in [0, 0.05) is 16.2 Å². The Morgan fingerprint density at radius 3 is 1.69 bits per heavy atom. The van der Waals surface area contributed by atoms with Crippen LogP contribution in [0.3, 0.4) is 0 Å². The standard InChI is InChI=1S/C40H28N8O12S4/c41-34-18-9-25-19-30(61(49,50)51)16-17-31(25)39(34)45-43-27-13-11-26(12-14-27)42-44-28-10-7-23(36(20-28)62(52,53)54)5-6-24-8-15-29(21-37(24)63(55,56)57)48-46-35-22-38(64(58,59)60)32-3-1-2-4-33(32)40(35)47-48/h1-22H,41H2,(H,49,50,51)(H,52,53,54)(H,55,56,57)(H,58,59,60)/b6-5+,44-42?,45-43?. The molecule has 0 aliphatic carbocycles. The highest BCUT2D eigenvalue weighted by molar-refractivity contribution is 7.86. The fourth-order valence-corrected chi connectivity index (χ4v) is 9.21. The molecule has 24 heteroatoms. The molecule has 0 saturated heterocycles. The van der Waals surface area contributed by atoms with Crippen molar-refractivity contribution in [1.29, 1.82) is 0 Å². The summed E-state index contributed by atoms with van der Waals surface area (Å²) >= 11 is 0. The Hall–Kier alpha value is -7.16. The van der Waals surface area contributed by atoms with Crippen LogP contribution in [0.25, 0.3) is 50.4 Å². The third-order valence-electron chi connectivity index (χ3n) is 9.54. The topological polar surface area (TPSA) is 324 Å². The van der Waals surface area contributed by atoms with Crippen LogP contribution in [0.15, 0.2) is 161 Å². The molecule has 8 rings (SSSR count). The van der Waals surface area contributed by atoms with E-state index in [-0.39, 0.29) is 55.2 Å². The van der Waals surface area contributed by atoms with Crippen LogP contribution >= 0.6 is 0 Å². The number of hydrogen-bond acceptors (Lipinski definition) is 15. The summed E-state index contributed by atoms with van der Waals surface area (Å²) in [7, 11) is -18.9. The Balaban J connectivity index is 1.04. The van der Waals surface area contributed by atoms with Crippen molar-refractivity contribution in [2.75, 3.05) is 5.73 Å². The van der Waals surface area contributed by atoms with E-state index in [1.165, 1.54) is 78.9 Å². The van der Waals surface area contributed by atoms with E-state index in [0.717, 1.165) is 23.0 Å². The number of fused-ring (bicyclic) bond motifs is 4. The fourth-order valence-electron chi connectivity index (χ4n) is 6.57. The molecule has 0 spiro atoms. The highest BCUT2D eigenvalue weighted by Crippen LogP contribution is 2.36. The molecule has 64 heavy (non-hydrogen) atoms. The molecule has 0 unspecified atom stereocenters. The van der Waals surface area contributed by atoms with Gasteiger partial charge >= 0.3 is 0 Å². The first-order chi connectivity index (χ1) is 30.1. The number of nitrogen functional groups attached to an aromatic ring is 1. The van der Waals surface area contributed by atoms with Gasteiger partial charge < -0.3 is 5.73 Å². The predicted molar refractivity (Wildman–Crippen MR) is 234 cm³/mol. The van der Waals surface area contributed by atoms with E-state index in [4.69, 9.17) is 5.73 Å². The monoisotopic (exact) mass is 940 g/mol. The maximum Gasteiger partial charge on any atom is 0.295 e. The van der Waals surface area contributed by atoms with Crippen molar-refractivity contribution < 1.29 is 51.9 Å². The van der Waals surface area contributed by atoms with Crippen molar-refractivity contribution >= 4 is 114 Å². The second kappa shape index (κ2) is 16.2. The Labute approximate surface area is 362 Å². The Kier molecular flexibility index (Phi) is 11.0. The van der Waals surface area contributed by atoms with Gasteiger partial charge in [-0.1, -0.05) is 60.7 Å². The van der Waals surface area contributed by atoms with E-state index < -0.39 is 55.2 Å². The summed E-state index contributed by atoms with van der Waals surface area (Å²) in [5.41, 5.74) is 7.44. The number of nitrogens with two attached hydrogens (primary N) is 1. The van der Waals surface area contributed by atoms with Gasteiger partial charge in [0.1, 0.15) is 31.4 Å². The summed E-state index contributed by atoms with van der Waals surface area (Å²) < 4.78 is 137. The van der Waals surface area contributed by atoms with Crippen LogP contribution in [-0.2, 0) is 40.5 Å². The Morgan fingerprint density at radius 1 is 0.500 bits per heavy atom. The van der Waals surface area contributed by atoms with E-state index >= 15 is 0 Å². The zero-order chi connectivity index (χ0) is 45.8.